The molecule has 2 atom stereocenters. The van der Waals surface area contributed by atoms with Crippen molar-refractivity contribution in [3.63, 3.8) is 0 Å². The first-order chi connectivity index (χ1) is 8.92. The molecule has 0 radical (unpaired) electrons. The molecule has 6 heteroatoms. The highest BCUT2D eigenvalue weighted by Gasteiger charge is 2.28. The molecule has 1 fully saturated rings. The van der Waals surface area contributed by atoms with Crippen molar-refractivity contribution < 1.29 is 14.4 Å². The summed E-state index contributed by atoms with van der Waals surface area (Å²) in [6, 6.07) is -0.595. The van der Waals surface area contributed by atoms with E-state index in [4.69, 9.17) is 5.73 Å². The Bertz CT molecular complexity index is 355. The number of rotatable bonds is 6. The van der Waals surface area contributed by atoms with Crippen LogP contribution in [0.1, 0.15) is 39.5 Å². The predicted octanol–water partition coefficient (Wildman–Crippen LogP) is -0.0811. The Labute approximate surface area is 113 Å². The number of carbonyl (C=O) groups is 3. The molecule has 108 valence electrons. The van der Waals surface area contributed by atoms with Crippen LogP contribution < -0.4 is 16.4 Å². The van der Waals surface area contributed by atoms with Gasteiger partial charge in [-0.3, -0.25) is 19.7 Å². The highest BCUT2D eigenvalue weighted by Crippen LogP contribution is 2.14. The van der Waals surface area contributed by atoms with E-state index in [9.17, 15) is 14.4 Å². The third kappa shape index (κ3) is 5.38. The van der Waals surface area contributed by atoms with Gasteiger partial charge in [-0.25, -0.2) is 0 Å². The van der Waals surface area contributed by atoms with Crippen LogP contribution in [0.4, 0.5) is 0 Å². The first kappa shape index (κ1) is 15.6. The fourth-order valence-electron chi connectivity index (χ4n) is 2.28. The molecular weight excluding hydrogens is 246 g/mol. The summed E-state index contributed by atoms with van der Waals surface area (Å²) >= 11 is 0. The second-order valence-electron chi connectivity index (χ2n) is 5.51. The third-order valence-corrected chi connectivity index (χ3v) is 3.19. The van der Waals surface area contributed by atoms with Crippen molar-refractivity contribution in [3.8, 4) is 0 Å². The zero-order chi connectivity index (χ0) is 14.4. The van der Waals surface area contributed by atoms with Gasteiger partial charge < -0.3 is 11.1 Å². The van der Waals surface area contributed by atoms with Crippen LogP contribution in [0, 0.1) is 11.8 Å². The monoisotopic (exact) mass is 269 g/mol. The van der Waals surface area contributed by atoms with Crippen LogP contribution in [0.2, 0.25) is 0 Å². The minimum absolute atomic E-state index is 0.133. The van der Waals surface area contributed by atoms with Gasteiger partial charge in [0.25, 0.3) is 0 Å². The van der Waals surface area contributed by atoms with Crippen molar-refractivity contribution >= 4 is 17.7 Å². The maximum atomic E-state index is 11.9. The van der Waals surface area contributed by atoms with Gasteiger partial charge in [0, 0.05) is 12.8 Å². The Balaban J connectivity index is 2.41. The minimum atomic E-state index is -0.595. The van der Waals surface area contributed by atoms with E-state index in [1.54, 1.807) is 0 Å². The number of nitrogens with one attached hydrogen (secondary N) is 2. The second-order valence-corrected chi connectivity index (χ2v) is 5.51. The smallest absolute Gasteiger partial charge is 0.249 e. The Morgan fingerprint density at radius 3 is 2.68 bits per heavy atom. The third-order valence-electron chi connectivity index (χ3n) is 3.19. The molecule has 1 rings (SSSR count). The molecule has 1 unspecified atom stereocenters. The number of carbonyl (C=O) groups excluding carboxylic acids is 3. The standard InChI is InChI=1S/C13H23N3O3/c1-8(2)5-9(7-14)6-12(18)15-10-3-4-11(17)16-13(10)19/h8-10H,3-7,14H2,1-2H3,(H,15,18)(H,16,17,19)/t9-,10?/m0/s1. The van der Waals surface area contributed by atoms with Crippen LogP contribution in [0.15, 0.2) is 0 Å². The summed E-state index contributed by atoms with van der Waals surface area (Å²) in [6.45, 7) is 4.63. The summed E-state index contributed by atoms with van der Waals surface area (Å²) in [5.41, 5.74) is 5.64. The molecule has 0 saturated carbocycles. The molecule has 1 saturated heterocycles. The number of amides is 3. The van der Waals surface area contributed by atoms with E-state index in [0.29, 0.717) is 25.3 Å². The number of hydrogen-bond acceptors (Lipinski definition) is 4. The molecule has 0 aromatic heterocycles. The molecule has 0 spiro atoms. The van der Waals surface area contributed by atoms with Crippen molar-refractivity contribution in [1.29, 1.82) is 0 Å². The number of hydrogen-bond donors (Lipinski definition) is 3. The van der Waals surface area contributed by atoms with E-state index >= 15 is 0 Å². The van der Waals surface area contributed by atoms with Crippen molar-refractivity contribution in [2.24, 2.45) is 17.6 Å². The molecule has 3 amide bonds. The number of nitrogens with two attached hydrogens (primary N) is 1. The largest absolute Gasteiger partial charge is 0.344 e. The lowest BCUT2D eigenvalue weighted by Crippen LogP contribution is -2.52. The van der Waals surface area contributed by atoms with Crippen LogP contribution in [-0.4, -0.2) is 30.3 Å². The van der Waals surface area contributed by atoms with Gasteiger partial charge in [0.05, 0.1) is 0 Å². The molecule has 6 nitrogen and oxygen atoms in total. The topological polar surface area (TPSA) is 101 Å². The van der Waals surface area contributed by atoms with Gasteiger partial charge in [0.2, 0.25) is 17.7 Å². The van der Waals surface area contributed by atoms with Crippen molar-refractivity contribution in [2.45, 2.75) is 45.6 Å². The van der Waals surface area contributed by atoms with E-state index in [1.165, 1.54) is 0 Å². The maximum absolute atomic E-state index is 11.9. The lowest BCUT2D eigenvalue weighted by atomic mass is 9.93. The molecule has 1 heterocycles. The molecule has 1 aliphatic rings. The second kappa shape index (κ2) is 7.23. The molecular formula is C13H23N3O3. The fourth-order valence-corrected chi connectivity index (χ4v) is 2.28. The lowest BCUT2D eigenvalue weighted by Gasteiger charge is -2.23. The van der Waals surface area contributed by atoms with Crippen LogP contribution in [0.3, 0.4) is 0 Å². The zero-order valence-electron chi connectivity index (χ0n) is 11.6. The number of imide groups is 1. The highest BCUT2D eigenvalue weighted by atomic mass is 16.2. The summed E-state index contributed by atoms with van der Waals surface area (Å²) in [4.78, 5) is 34.3. The normalized spacial score (nSPS) is 21.2. The molecule has 1 aliphatic heterocycles. The Morgan fingerprint density at radius 2 is 2.16 bits per heavy atom. The van der Waals surface area contributed by atoms with Crippen molar-refractivity contribution in [2.75, 3.05) is 6.54 Å². The summed E-state index contributed by atoms with van der Waals surface area (Å²) in [7, 11) is 0. The van der Waals surface area contributed by atoms with E-state index < -0.39 is 11.9 Å². The average molecular weight is 269 g/mol. The van der Waals surface area contributed by atoms with Crippen LogP contribution >= 0.6 is 0 Å². The van der Waals surface area contributed by atoms with Gasteiger partial charge in [-0.2, -0.15) is 0 Å². The van der Waals surface area contributed by atoms with Gasteiger partial charge in [-0.05, 0) is 31.2 Å². The van der Waals surface area contributed by atoms with Crippen molar-refractivity contribution in [1.82, 2.24) is 10.6 Å². The molecule has 0 aromatic carbocycles. The summed E-state index contributed by atoms with van der Waals surface area (Å²) in [5.74, 6) is -0.260. The van der Waals surface area contributed by atoms with E-state index in [-0.39, 0.29) is 24.2 Å². The minimum Gasteiger partial charge on any atom is -0.344 e. The Hall–Kier alpha value is -1.43. The Morgan fingerprint density at radius 1 is 1.47 bits per heavy atom. The molecule has 0 aromatic rings. The zero-order valence-corrected chi connectivity index (χ0v) is 11.6. The lowest BCUT2D eigenvalue weighted by molar-refractivity contribution is -0.137. The van der Waals surface area contributed by atoms with Gasteiger partial charge >= 0.3 is 0 Å². The van der Waals surface area contributed by atoms with Crippen molar-refractivity contribution in [3.05, 3.63) is 0 Å². The number of piperidine rings is 1. The van der Waals surface area contributed by atoms with E-state index in [1.807, 2.05) is 0 Å². The van der Waals surface area contributed by atoms with Crippen LogP contribution in [0.5, 0.6) is 0 Å². The fraction of sp³-hybridized carbons (Fsp3) is 0.769. The van der Waals surface area contributed by atoms with E-state index in [2.05, 4.69) is 24.5 Å². The highest BCUT2D eigenvalue weighted by molar-refractivity contribution is 6.01. The predicted molar refractivity (Wildman–Crippen MR) is 70.9 cm³/mol. The van der Waals surface area contributed by atoms with Gasteiger partial charge in [-0.1, -0.05) is 13.8 Å². The first-order valence-electron chi connectivity index (χ1n) is 6.75. The maximum Gasteiger partial charge on any atom is 0.249 e. The molecule has 0 bridgehead atoms. The Kier molecular flexibility index (Phi) is 5.95. The first-order valence-corrected chi connectivity index (χ1v) is 6.75. The van der Waals surface area contributed by atoms with Gasteiger partial charge in [-0.15, -0.1) is 0 Å². The quantitative estimate of drug-likeness (QED) is 0.587. The SMILES string of the molecule is CC(C)C[C@H](CN)CC(=O)NC1CCC(=O)NC1=O. The van der Waals surface area contributed by atoms with Gasteiger partial charge in [0.1, 0.15) is 6.04 Å². The molecule has 19 heavy (non-hydrogen) atoms. The average Bonchev–Trinajstić information content (AvgIpc) is 2.31. The van der Waals surface area contributed by atoms with E-state index in [0.717, 1.165) is 6.42 Å². The van der Waals surface area contributed by atoms with Crippen LogP contribution in [0.25, 0.3) is 0 Å². The van der Waals surface area contributed by atoms with Crippen LogP contribution in [-0.2, 0) is 14.4 Å². The summed E-state index contributed by atoms with van der Waals surface area (Å²) < 4.78 is 0. The van der Waals surface area contributed by atoms with Gasteiger partial charge in [0.15, 0.2) is 0 Å². The summed E-state index contributed by atoms with van der Waals surface area (Å²) in [5, 5.41) is 4.89. The summed E-state index contributed by atoms with van der Waals surface area (Å²) in [6.07, 6.45) is 1.85. The molecule has 0 aliphatic carbocycles. The molecule has 4 N–H and O–H groups in total.